The molecule has 1 rings (SSSR count). The van der Waals surface area contributed by atoms with Crippen LogP contribution in [0.25, 0.3) is 0 Å². The van der Waals surface area contributed by atoms with Gasteiger partial charge in [0.05, 0.1) is 7.11 Å². The Morgan fingerprint density at radius 2 is 0.963 bits per heavy atom. The third-order valence-electron chi connectivity index (χ3n) is 1.43. The monoisotopic (exact) mass is 451 g/mol. The van der Waals surface area contributed by atoms with Crippen molar-refractivity contribution >= 4 is 21.8 Å². The Hall–Kier alpha value is -0.0288. The topological polar surface area (TPSA) is 18.5 Å². The van der Waals surface area contributed by atoms with Crippen LogP contribution in [0, 0.1) is 7.11 Å². The molecule has 0 aliphatic heterocycles. The normalized spacial score (nSPS) is 10.6. The average molecular weight is 451 g/mol. The summed E-state index contributed by atoms with van der Waals surface area (Å²) in [4.78, 5) is 0. The molecule has 0 atom stereocenters. The fourth-order valence-electron chi connectivity index (χ4n) is 0.840. The van der Waals surface area contributed by atoms with Crippen LogP contribution in [0.3, 0.4) is 0 Å². The Kier molecular flexibility index (Phi) is 21.6. The van der Waals surface area contributed by atoms with E-state index in [2.05, 4.69) is 7.11 Å². The fraction of sp³-hybridized carbons (Fsp3) is 0.222. The van der Waals surface area contributed by atoms with E-state index in [1.54, 1.807) is 7.11 Å². The fourth-order valence-corrected chi connectivity index (χ4v) is 0.840. The summed E-state index contributed by atoms with van der Waals surface area (Å²) in [6, 6.07) is 7.69. The van der Waals surface area contributed by atoms with Crippen LogP contribution in [0.4, 0.5) is 51.8 Å². The van der Waals surface area contributed by atoms with Gasteiger partial charge in [0.15, 0.2) is 0 Å². The number of halogens is 12. The van der Waals surface area contributed by atoms with Gasteiger partial charge >= 0.3 is 73.1 Å². The molecule has 0 N–H and O–H groups in total. The zero-order chi connectivity index (χ0) is 21.6. The van der Waals surface area contributed by atoms with Crippen LogP contribution in [0.2, 0.25) is 0 Å². The Morgan fingerprint density at radius 1 is 0.704 bits per heavy atom. The SMILES string of the molecule is F[B-](F)(F)F.F[B-](F)(F)F.F[B-](F)(F)F.[CH2-]OCc1ccc(OC)cc1.[K+]. The van der Waals surface area contributed by atoms with E-state index < -0.39 is 21.8 Å². The second-order valence-corrected chi connectivity index (χ2v) is 3.68. The van der Waals surface area contributed by atoms with Crippen LogP contribution in [0.1, 0.15) is 5.56 Å². The molecule has 0 saturated heterocycles. The van der Waals surface area contributed by atoms with Gasteiger partial charge in [-0.15, -0.1) is 0 Å². The molecule has 0 saturated carbocycles. The molecular formula is C9H11B3F12KO2-3. The maximum Gasteiger partial charge on any atom is 1.00 e. The van der Waals surface area contributed by atoms with Gasteiger partial charge in [-0.05, 0) is 17.7 Å². The van der Waals surface area contributed by atoms with Crippen molar-refractivity contribution in [3.05, 3.63) is 36.9 Å². The standard InChI is InChI=1S/C9H11O2.3BF4.K/c1-10-7-8-3-5-9(11-2)6-4-8;3*2-1(3,4)5;/h3-6H,1,7H2,2H3;;;;/q4*-1;+1. The first-order chi connectivity index (χ1) is 11.4. The Bertz CT molecular complexity index is 405. The van der Waals surface area contributed by atoms with E-state index in [-0.39, 0.29) is 51.4 Å². The molecule has 0 aliphatic carbocycles. The van der Waals surface area contributed by atoms with Crippen LogP contribution >= 0.6 is 0 Å². The van der Waals surface area contributed by atoms with Crippen molar-refractivity contribution in [3.8, 4) is 5.75 Å². The van der Waals surface area contributed by atoms with Crippen molar-refractivity contribution in [3.63, 3.8) is 0 Å². The number of hydrogen-bond donors (Lipinski definition) is 0. The van der Waals surface area contributed by atoms with Crippen LogP contribution in [-0.4, -0.2) is 28.9 Å². The molecule has 27 heavy (non-hydrogen) atoms. The summed E-state index contributed by atoms with van der Waals surface area (Å²) in [5.41, 5.74) is 1.10. The first-order valence-corrected chi connectivity index (χ1v) is 5.98. The van der Waals surface area contributed by atoms with Crippen LogP contribution in [0.5, 0.6) is 5.75 Å². The van der Waals surface area contributed by atoms with Crippen LogP contribution < -0.4 is 56.1 Å². The van der Waals surface area contributed by atoms with Gasteiger partial charge in [0.25, 0.3) is 0 Å². The Labute approximate surface area is 189 Å². The molecule has 0 spiro atoms. The molecule has 0 heterocycles. The molecule has 2 nitrogen and oxygen atoms in total. The predicted molar refractivity (Wildman–Crippen MR) is 73.7 cm³/mol. The van der Waals surface area contributed by atoms with E-state index in [1.165, 1.54) is 0 Å². The largest absolute Gasteiger partial charge is 1.00 e. The van der Waals surface area contributed by atoms with Gasteiger partial charge in [-0.3, -0.25) is 0 Å². The minimum Gasteiger partial charge on any atom is -0.552 e. The van der Waals surface area contributed by atoms with Gasteiger partial charge in [-0.25, -0.2) is 7.11 Å². The Balaban J connectivity index is -0.000000142. The van der Waals surface area contributed by atoms with E-state index in [4.69, 9.17) is 9.47 Å². The quantitative estimate of drug-likeness (QED) is 0.401. The van der Waals surface area contributed by atoms with Gasteiger partial charge in [0.2, 0.25) is 0 Å². The van der Waals surface area contributed by atoms with Crippen LogP contribution in [-0.2, 0) is 11.3 Å². The number of rotatable bonds is 3. The third kappa shape index (κ3) is 66.6. The predicted octanol–water partition coefficient (Wildman–Crippen LogP) is 2.91. The maximum atomic E-state index is 9.75. The van der Waals surface area contributed by atoms with E-state index >= 15 is 0 Å². The summed E-state index contributed by atoms with van der Waals surface area (Å²) < 4.78 is 127. The summed E-state index contributed by atoms with van der Waals surface area (Å²) >= 11 is 0. The molecule has 1 aromatic carbocycles. The third-order valence-corrected chi connectivity index (χ3v) is 1.43. The number of methoxy groups -OCH3 is 1. The smallest absolute Gasteiger partial charge is 0.552 e. The van der Waals surface area contributed by atoms with E-state index in [9.17, 15) is 51.8 Å². The van der Waals surface area contributed by atoms with Crippen molar-refractivity contribution in [2.45, 2.75) is 6.61 Å². The molecule has 0 amide bonds. The zero-order valence-corrected chi connectivity index (χ0v) is 16.9. The van der Waals surface area contributed by atoms with Gasteiger partial charge in [0.1, 0.15) is 5.75 Å². The molecule has 1 aromatic rings. The molecule has 0 fully saturated rings. The first-order valence-electron chi connectivity index (χ1n) is 5.98. The van der Waals surface area contributed by atoms with E-state index in [0.29, 0.717) is 6.61 Å². The van der Waals surface area contributed by atoms with E-state index in [0.717, 1.165) is 11.3 Å². The van der Waals surface area contributed by atoms with Crippen molar-refractivity contribution in [1.29, 1.82) is 0 Å². The molecule has 18 heteroatoms. The first kappa shape index (κ1) is 34.5. The van der Waals surface area contributed by atoms with Gasteiger partial charge < -0.3 is 61.3 Å². The number of hydrogen-bond acceptors (Lipinski definition) is 2. The van der Waals surface area contributed by atoms with E-state index in [1.807, 2.05) is 24.3 Å². The molecule has 156 valence electrons. The summed E-state index contributed by atoms with van der Waals surface area (Å²) in [6.45, 7) is 0.546. The molecule has 0 radical (unpaired) electrons. The number of ether oxygens (including phenoxy) is 2. The average Bonchev–Trinajstić information content (AvgIpc) is 2.34. The second kappa shape index (κ2) is 16.9. The van der Waals surface area contributed by atoms with Gasteiger partial charge in [0, 0.05) is 6.61 Å². The molecular weight excluding hydrogens is 440 g/mol. The minimum atomic E-state index is -6.00. The maximum absolute atomic E-state index is 9.75. The zero-order valence-electron chi connectivity index (χ0n) is 13.8. The minimum absolute atomic E-state index is 0. The molecule has 0 aliphatic rings. The molecule has 0 aromatic heterocycles. The molecule has 0 bridgehead atoms. The second-order valence-electron chi connectivity index (χ2n) is 3.68. The summed E-state index contributed by atoms with van der Waals surface area (Å²) in [5, 5.41) is 0. The van der Waals surface area contributed by atoms with Crippen molar-refractivity contribution in [1.82, 2.24) is 0 Å². The summed E-state index contributed by atoms with van der Waals surface area (Å²) in [7, 11) is -13.1. The van der Waals surface area contributed by atoms with Crippen molar-refractivity contribution in [2.75, 3.05) is 7.11 Å². The number of benzene rings is 1. The summed E-state index contributed by atoms with van der Waals surface area (Å²) in [5.74, 6) is 0.859. The summed E-state index contributed by atoms with van der Waals surface area (Å²) in [6.07, 6.45) is 0. The van der Waals surface area contributed by atoms with Crippen molar-refractivity contribution in [2.24, 2.45) is 0 Å². The Morgan fingerprint density at radius 3 is 1.15 bits per heavy atom. The molecule has 0 unspecified atom stereocenters. The van der Waals surface area contributed by atoms with Gasteiger partial charge in [-0.2, -0.15) is 0 Å². The van der Waals surface area contributed by atoms with Gasteiger partial charge in [-0.1, -0.05) is 12.1 Å². The van der Waals surface area contributed by atoms with Crippen LogP contribution in [0.15, 0.2) is 24.3 Å². The van der Waals surface area contributed by atoms with Crippen molar-refractivity contribution < 1.29 is 113 Å².